The van der Waals surface area contributed by atoms with Crippen molar-refractivity contribution in [3.05, 3.63) is 24.0 Å². The summed E-state index contributed by atoms with van der Waals surface area (Å²) in [6, 6.07) is 2.03. The Kier molecular flexibility index (Phi) is 5.29. The van der Waals surface area contributed by atoms with Crippen molar-refractivity contribution in [1.29, 1.82) is 0 Å². The van der Waals surface area contributed by atoms with E-state index in [9.17, 15) is 18.0 Å². The van der Waals surface area contributed by atoms with Gasteiger partial charge >= 0.3 is 6.18 Å². The molecule has 1 rings (SSSR count). The van der Waals surface area contributed by atoms with Crippen LogP contribution in [0.2, 0.25) is 0 Å². The van der Waals surface area contributed by atoms with E-state index in [0.29, 0.717) is 0 Å². The summed E-state index contributed by atoms with van der Waals surface area (Å²) in [6.45, 7) is 4.53. The van der Waals surface area contributed by atoms with Crippen LogP contribution in [0.5, 0.6) is 0 Å². The Balaban J connectivity index is 2.56. The number of nitrogens with zero attached hydrogens (tertiary/aromatic N) is 1. The summed E-state index contributed by atoms with van der Waals surface area (Å²) in [4.78, 5) is 14.8. The minimum absolute atomic E-state index is 0.00686. The smallest absolute Gasteiger partial charge is 0.325 e. The van der Waals surface area contributed by atoms with Crippen molar-refractivity contribution in [3.8, 4) is 0 Å². The van der Waals surface area contributed by atoms with E-state index in [1.807, 2.05) is 13.8 Å². The molecule has 1 aromatic rings. The second-order valence-electron chi connectivity index (χ2n) is 4.14. The van der Waals surface area contributed by atoms with Crippen LogP contribution in [0, 0.1) is 0 Å². The summed E-state index contributed by atoms with van der Waals surface area (Å²) in [5, 5.41) is 5.57. The van der Waals surface area contributed by atoms with E-state index >= 15 is 0 Å². The first kappa shape index (κ1) is 15.4. The molecule has 1 aromatic heterocycles. The second-order valence-corrected chi connectivity index (χ2v) is 4.14. The van der Waals surface area contributed by atoms with Gasteiger partial charge in [-0.2, -0.15) is 13.2 Å². The maximum absolute atomic E-state index is 12.3. The number of nitrogens with one attached hydrogen (secondary N) is 2. The van der Waals surface area contributed by atoms with Gasteiger partial charge in [-0.1, -0.05) is 6.92 Å². The lowest BCUT2D eigenvalue weighted by atomic mass is 10.2. The first-order chi connectivity index (χ1) is 8.82. The van der Waals surface area contributed by atoms with E-state index in [1.54, 1.807) is 0 Å². The number of alkyl halides is 3. The molecule has 1 unspecified atom stereocenters. The maximum atomic E-state index is 12.3. The Morgan fingerprint density at radius 3 is 2.58 bits per heavy atom. The van der Waals surface area contributed by atoms with Crippen molar-refractivity contribution >= 4 is 11.6 Å². The molecule has 0 saturated heterocycles. The molecule has 7 heteroatoms. The number of carbonyl (C=O) groups is 1. The molecule has 0 aliphatic rings. The lowest BCUT2D eigenvalue weighted by molar-refractivity contribution is -0.141. The molecule has 1 heterocycles. The van der Waals surface area contributed by atoms with Crippen molar-refractivity contribution in [1.82, 2.24) is 10.3 Å². The first-order valence-electron chi connectivity index (χ1n) is 5.89. The first-order valence-corrected chi connectivity index (χ1v) is 5.89. The number of carbonyl (C=O) groups excluding carboxylic acids is 1. The number of hydrogen-bond acceptors (Lipinski definition) is 3. The van der Waals surface area contributed by atoms with Gasteiger partial charge in [0.1, 0.15) is 5.69 Å². The van der Waals surface area contributed by atoms with E-state index in [1.165, 1.54) is 6.07 Å². The van der Waals surface area contributed by atoms with Gasteiger partial charge in [0.15, 0.2) is 0 Å². The summed E-state index contributed by atoms with van der Waals surface area (Å²) >= 11 is 0. The Labute approximate surface area is 109 Å². The molecule has 0 radical (unpaired) electrons. The summed E-state index contributed by atoms with van der Waals surface area (Å²) < 4.78 is 36.8. The third-order valence-electron chi connectivity index (χ3n) is 2.38. The lowest BCUT2D eigenvalue weighted by Crippen LogP contribution is -2.30. The van der Waals surface area contributed by atoms with E-state index in [2.05, 4.69) is 15.6 Å². The van der Waals surface area contributed by atoms with Gasteiger partial charge < -0.3 is 10.6 Å². The van der Waals surface area contributed by atoms with E-state index in [-0.39, 0.29) is 24.1 Å². The highest BCUT2D eigenvalue weighted by Crippen LogP contribution is 2.27. The van der Waals surface area contributed by atoms with Crippen LogP contribution in [0.25, 0.3) is 0 Å². The molecule has 0 fully saturated rings. The van der Waals surface area contributed by atoms with Gasteiger partial charge in [0.25, 0.3) is 0 Å². The molecule has 0 bridgehead atoms. The van der Waals surface area contributed by atoms with Gasteiger partial charge in [0, 0.05) is 12.5 Å². The van der Waals surface area contributed by atoms with Crippen molar-refractivity contribution in [2.75, 3.05) is 11.9 Å². The molecule has 4 nitrogen and oxygen atoms in total. The molecule has 19 heavy (non-hydrogen) atoms. The highest BCUT2D eigenvalue weighted by Gasteiger charge is 2.32. The fraction of sp³-hybridized carbons (Fsp3) is 0.500. The third kappa shape index (κ3) is 5.25. The van der Waals surface area contributed by atoms with E-state index in [0.717, 1.165) is 18.8 Å². The lowest BCUT2D eigenvalue weighted by Gasteiger charge is -2.12. The molecule has 0 aromatic carbocycles. The maximum Gasteiger partial charge on any atom is 0.433 e. The van der Waals surface area contributed by atoms with Crippen LogP contribution in [-0.4, -0.2) is 23.5 Å². The molecule has 106 valence electrons. The normalized spacial score (nSPS) is 13.1. The van der Waals surface area contributed by atoms with Crippen molar-refractivity contribution in [2.24, 2.45) is 0 Å². The SMILES string of the molecule is CCNC(C)CC(=O)Nc1ccc(C(F)(F)F)nc1. The predicted molar refractivity (Wildman–Crippen MR) is 65.6 cm³/mol. The monoisotopic (exact) mass is 275 g/mol. The van der Waals surface area contributed by atoms with Crippen LogP contribution < -0.4 is 10.6 Å². The average Bonchev–Trinajstić information content (AvgIpc) is 2.28. The minimum Gasteiger partial charge on any atom is -0.325 e. The van der Waals surface area contributed by atoms with Crippen LogP contribution in [-0.2, 0) is 11.0 Å². The molecule has 2 N–H and O–H groups in total. The Morgan fingerprint density at radius 2 is 2.11 bits per heavy atom. The number of hydrogen-bond donors (Lipinski definition) is 2. The predicted octanol–water partition coefficient (Wildman–Crippen LogP) is 2.43. The highest BCUT2D eigenvalue weighted by atomic mass is 19.4. The minimum atomic E-state index is -4.47. The molecule has 0 spiro atoms. The van der Waals surface area contributed by atoms with Crippen molar-refractivity contribution in [2.45, 2.75) is 32.5 Å². The molecule has 1 amide bonds. The number of anilines is 1. The molecule has 0 aliphatic heterocycles. The Hall–Kier alpha value is -1.63. The zero-order chi connectivity index (χ0) is 14.5. The van der Waals surface area contributed by atoms with Crippen LogP contribution in [0.4, 0.5) is 18.9 Å². The number of aromatic nitrogens is 1. The van der Waals surface area contributed by atoms with E-state index < -0.39 is 11.9 Å². The van der Waals surface area contributed by atoms with Crippen LogP contribution >= 0.6 is 0 Å². The summed E-state index contributed by atoms with van der Waals surface area (Å²) in [5.41, 5.74) is -0.729. The molecule has 0 aliphatic carbocycles. The van der Waals surface area contributed by atoms with Gasteiger partial charge in [0.05, 0.1) is 11.9 Å². The summed E-state index contributed by atoms with van der Waals surface area (Å²) in [5.74, 6) is -0.269. The Morgan fingerprint density at radius 1 is 1.42 bits per heavy atom. The van der Waals surface area contributed by atoms with Gasteiger partial charge in [-0.25, -0.2) is 4.98 Å². The van der Waals surface area contributed by atoms with Crippen molar-refractivity contribution in [3.63, 3.8) is 0 Å². The van der Waals surface area contributed by atoms with Crippen molar-refractivity contribution < 1.29 is 18.0 Å². The fourth-order valence-corrected chi connectivity index (χ4v) is 1.55. The van der Waals surface area contributed by atoms with E-state index in [4.69, 9.17) is 0 Å². The van der Waals surface area contributed by atoms with Gasteiger partial charge in [0.2, 0.25) is 5.91 Å². The zero-order valence-corrected chi connectivity index (χ0v) is 10.7. The van der Waals surface area contributed by atoms with Gasteiger partial charge in [-0.3, -0.25) is 4.79 Å². The average molecular weight is 275 g/mol. The standard InChI is InChI=1S/C12H16F3N3O/c1-3-16-8(2)6-11(19)18-9-4-5-10(17-7-9)12(13,14)15/h4-5,7-8,16H,3,6H2,1-2H3,(H,18,19). The third-order valence-corrected chi connectivity index (χ3v) is 2.38. The molecular weight excluding hydrogens is 259 g/mol. The zero-order valence-electron chi connectivity index (χ0n) is 10.7. The second kappa shape index (κ2) is 6.51. The topological polar surface area (TPSA) is 54.0 Å². The summed E-state index contributed by atoms with van der Waals surface area (Å²) in [7, 11) is 0. The molecule has 0 saturated carbocycles. The quantitative estimate of drug-likeness (QED) is 0.867. The van der Waals surface area contributed by atoms with Crippen LogP contribution in [0.15, 0.2) is 18.3 Å². The number of halogens is 3. The number of amides is 1. The number of rotatable bonds is 5. The van der Waals surface area contributed by atoms with Crippen LogP contribution in [0.1, 0.15) is 26.0 Å². The highest BCUT2D eigenvalue weighted by molar-refractivity contribution is 5.90. The largest absolute Gasteiger partial charge is 0.433 e. The molecule has 1 atom stereocenters. The fourth-order valence-electron chi connectivity index (χ4n) is 1.55. The number of pyridine rings is 1. The van der Waals surface area contributed by atoms with Gasteiger partial charge in [-0.05, 0) is 25.6 Å². The van der Waals surface area contributed by atoms with Crippen LogP contribution in [0.3, 0.4) is 0 Å². The van der Waals surface area contributed by atoms with Gasteiger partial charge in [-0.15, -0.1) is 0 Å². The summed E-state index contributed by atoms with van der Waals surface area (Å²) in [6.07, 6.45) is -3.23. The Bertz CT molecular complexity index is 417. The molecular formula is C12H16F3N3O.